The number of anilines is 1. The number of hydrogen-bond acceptors (Lipinski definition) is 4. The van der Waals surface area contributed by atoms with E-state index in [1.54, 1.807) is 12.1 Å². The molecule has 0 spiro atoms. The van der Waals surface area contributed by atoms with E-state index in [9.17, 15) is 4.79 Å². The highest BCUT2D eigenvalue weighted by molar-refractivity contribution is 7.17. The first-order valence-corrected chi connectivity index (χ1v) is 8.09. The zero-order valence-corrected chi connectivity index (χ0v) is 14.1. The summed E-state index contributed by atoms with van der Waals surface area (Å²) in [5.41, 5.74) is 1.12. The minimum absolute atomic E-state index is 0.206. The summed E-state index contributed by atoms with van der Waals surface area (Å²) in [5, 5.41) is 6.02. The van der Waals surface area contributed by atoms with Gasteiger partial charge in [-0.2, -0.15) is 0 Å². The second-order valence-electron chi connectivity index (χ2n) is 4.79. The van der Waals surface area contributed by atoms with Crippen LogP contribution < -0.4 is 14.8 Å². The van der Waals surface area contributed by atoms with E-state index in [4.69, 9.17) is 21.1 Å². The third-order valence-electron chi connectivity index (χ3n) is 3.45. The largest absolute Gasteiger partial charge is 0.495 e. The molecule has 3 rings (SSSR count). The number of ether oxygens (including phenoxy) is 2. The van der Waals surface area contributed by atoms with Crippen LogP contribution in [0.2, 0.25) is 5.02 Å². The van der Waals surface area contributed by atoms with E-state index in [0.717, 1.165) is 10.1 Å². The molecular weight excluding hydrogens is 334 g/mol. The number of nitrogens with one attached hydrogen (secondary N) is 1. The zero-order valence-electron chi connectivity index (χ0n) is 12.6. The Morgan fingerprint density at radius 2 is 1.87 bits per heavy atom. The lowest BCUT2D eigenvalue weighted by atomic mass is 10.1. The van der Waals surface area contributed by atoms with Crippen molar-refractivity contribution in [2.24, 2.45) is 0 Å². The molecule has 0 atom stereocenters. The van der Waals surface area contributed by atoms with Crippen LogP contribution in [0.4, 0.5) is 5.69 Å². The van der Waals surface area contributed by atoms with Crippen LogP contribution in [0.5, 0.6) is 11.5 Å². The first-order valence-electron chi connectivity index (χ1n) is 6.83. The van der Waals surface area contributed by atoms with E-state index in [-0.39, 0.29) is 5.91 Å². The fraction of sp³-hybridized carbons (Fsp3) is 0.118. The van der Waals surface area contributed by atoms with Gasteiger partial charge in [0.1, 0.15) is 11.5 Å². The number of benzene rings is 2. The fourth-order valence-electron chi connectivity index (χ4n) is 2.30. The second-order valence-corrected chi connectivity index (χ2v) is 6.11. The van der Waals surface area contributed by atoms with Crippen molar-refractivity contribution >= 4 is 44.6 Å². The normalized spacial score (nSPS) is 10.6. The third-order valence-corrected chi connectivity index (χ3v) is 4.71. The molecule has 3 aromatic rings. The molecule has 1 heterocycles. The molecule has 0 bridgehead atoms. The molecule has 0 aliphatic rings. The Bertz CT molecular complexity index is 875. The van der Waals surface area contributed by atoms with Crippen molar-refractivity contribution in [1.29, 1.82) is 0 Å². The van der Waals surface area contributed by atoms with Gasteiger partial charge < -0.3 is 14.8 Å². The first-order chi connectivity index (χ1) is 11.1. The van der Waals surface area contributed by atoms with Gasteiger partial charge in [-0.25, -0.2) is 0 Å². The molecule has 1 amide bonds. The maximum atomic E-state index is 12.6. The van der Waals surface area contributed by atoms with Crippen LogP contribution in [-0.4, -0.2) is 20.1 Å². The summed E-state index contributed by atoms with van der Waals surface area (Å²) in [6, 6.07) is 11.0. The van der Waals surface area contributed by atoms with Crippen LogP contribution in [0.1, 0.15) is 10.4 Å². The Kier molecular flexibility index (Phi) is 4.41. The molecule has 0 saturated heterocycles. The highest BCUT2D eigenvalue weighted by Crippen LogP contribution is 2.36. The Morgan fingerprint density at radius 3 is 2.61 bits per heavy atom. The van der Waals surface area contributed by atoms with Gasteiger partial charge in [0.2, 0.25) is 0 Å². The summed E-state index contributed by atoms with van der Waals surface area (Å²) in [7, 11) is 3.05. The molecular formula is C17H14ClNO3S. The molecule has 2 aromatic carbocycles. The Hall–Kier alpha value is -2.24. The third kappa shape index (κ3) is 2.98. The lowest BCUT2D eigenvalue weighted by molar-refractivity contribution is 0.102. The first kappa shape index (κ1) is 15.6. The Balaban J connectivity index is 1.95. The van der Waals surface area contributed by atoms with Crippen LogP contribution in [0.15, 0.2) is 41.8 Å². The Labute approximate surface area is 142 Å². The second kappa shape index (κ2) is 6.48. The lowest BCUT2D eigenvalue weighted by Crippen LogP contribution is -2.12. The topological polar surface area (TPSA) is 47.6 Å². The van der Waals surface area contributed by atoms with Crippen LogP contribution in [0, 0.1) is 0 Å². The van der Waals surface area contributed by atoms with Crippen molar-refractivity contribution in [3.63, 3.8) is 0 Å². The summed E-state index contributed by atoms with van der Waals surface area (Å²) in [6.45, 7) is 0. The van der Waals surface area contributed by atoms with E-state index < -0.39 is 0 Å². The summed E-state index contributed by atoms with van der Waals surface area (Å²) >= 11 is 7.67. The number of halogens is 1. The van der Waals surface area contributed by atoms with Crippen LogP contribution in [0.25, 0.3) is 10.1 Å². The van der Waals surface area contributed by atoms with Crippen molar-refractivity contribution in [1.82, 2.24) is 0 Å². The average Bonchev–Trinajstić information content (AvgIpc) is 2.99. The molecule has 1 N–H and O–H groups in total. The van der Waals surface area contributed by atoms with Crippen molar-refractivity contribution < 1.29 is 14.3 Å². The minimum Gasteiger partial charge on any atom is -0.495 e. The van der Waals surface area contributed by atoms with E-state index in [1.807, 2.05) is 29.6 Å². The maximum Gasteiger partial charge on any atom is 0.257 e. The standard InChI is InChI=1S/C17H14ClNO3S/c1-21-14-8-15(22-2)13(7-12(14)18)19-17(20)11-9-23-16-6-4-3-5-10(11)16/h3-9H,1-2H3,(H,19,20). The van der Waals surface area contributed by atoms with Crippen LogP contribution in [-0.2, 0) is 0 Å². The monoisotopic (exact) mass is 347 g/mol. The number of methoxy groups -OCH3 is 2. The highest BCUT2D eigenvalue weighted by atomic mass is 35.5. The van der Waals surface area contributed by atoms with Crippen LogP contribution >= 0.6 is 22.9 Å². The lowest BCUT2D eigenvalue weighted by Gasteiger charge is -2.13. The van der Waals surface area contributed by atoms with E-state index in [1.165, 1.54) is 25.6 Å². The van der Waals surface area contributed by atoms with Gasteiger partial charge >= 0.3 is 0 Å². The highest BCUT2D eigenvalue weighted by Gasteiger charge is 2.16. The van der Waals surface area contributed by atoms with Gasteiger partial charge in [-0.1, -0.05) is 29.8 Å². The molecule has 0 fully saturated rings. The number of thiophene rings is 1. The molecule has 118 valence electrons. The zero-order chi connectivity index (χ0) is 16.4. The Morgan fingerprint density at radius 1 is 1.13 bits per heavy atom. The van der Waals surface area contributed by atoms with E-state index in [0.29, 0.717) is 27.8 Å². The SMILES string of the molecule is COc1cc(OC)c(NC(=O)c2csc3ccccc23)cc1Cl. The number of hydrogen-bond donors (Lipinski definition) is 1. The predicted octanol–water partition coefficient (Wildman–Crippen LogP) is 4.82. The summed E-state index contributed by atoms with van der Waals surface area (Å²) in [5.74, 6) is 0.767. The molecule has 0 saturated carbocycles. The predicted molar refractivity (Wildman–Crippen MR) is 94.3 cm³/mol. The van der Waals surface area contributed by atoms with Gasteiger partial charge in [-0.15, -0.1) is 11.3 Å². The quantitative estimate of drug-likeness (QED) is 0.735. The van der Waals surface area contributed by atoms with Crippen molar-refractivity contribution in [2.45, 2.75) is 0 Å². The summed E-state index contributed by atoms with van der Waals surface area (Å²) in [4.78, 5) is 12.6. The smallest absolute Gasteiger partial charge is 0.257 e. The molecule has 0 unspecified atom stereocenters. The molecule has 4 nitrogen and oxygen atoms in total. The summed E-state index contributed by atoms with van der Waals surface area (Å²) in [6.07, 6.45) is 0. The van der Waals surface area contributed by atoms with E-state index >= 15 is 0 Å². The van der Waals surface area contributed by atoms with Gasteiger partial charge in [-0.3, -0.25) is 4.79 Å². The number of rotatable bonds is 4. The van der Waals surface area contributed by atoms with E-state index in [2.05, 4.69) is 5.32 Å². The number of amides is 1. The maximum absolute atomic E-state index is 12.6. The molecule has 0 aliphatic heterocycles. The molecule has 0 aliphatic carbocycles. The van der Waals surface area contributed by atoms with Crippen molar-refractivity contribution in [3.8, 4) is 11.5 Å². The van der Waals surface area contributed by atoms with Gasteiger partial charge in [-0.05, 0) is 12.1 Å². The minimum atomic E-state index is -0.206. The molecule has 1 aromatic heterocycles. The van der Waals surface area contributed by atoms with Crippen LogP contribution in [0.3, 0.4) is 0 Å². The number of carbonyl (C=O) groups excluding carboxylic acids is 1. The van der Waals surface area contributed by atoms with Gasteiger partial charge in [0, 0.05) is 21.5 Å². The van der Waals surface area contributed by atoms with Gasteiger partial charge in [0.05, 0.1) is 30.5 Å². The van der Waals surface area contributed by atoms with Crippen molar-refractivity contribution in [2.75, 3.05) is 19.5 Å². The summed E-state index contributed by atoms with van der Waals surface area (Å²) < 4.78 is 11.5. The number of fused-ring (bicyclic) bond motifs is 1. The molecule has 23 heavy (non-hydrogen) atoms. The molecule has 6 heteroatoms. The van der Waals surface area contributed by atoms with Crippen molar-refractivity contribution in [3.05, 3.63) is 52.4 Å². The fourth-order valence-corrected chi connectivity index (χ4v) is 3.48. The average molecular weight is 348 g/mol. The van der Waals surface area contributed by atoms with Gasteiger partial charge in [0.25, 0.3) is 5.91 Å². The van der Waals surface area contributed by atoms with Gasteiger partial charge in [0.15, 0.2) is 0 Å². The molecule has 0 radical (unpaired) electrons. The number of carbonyl (C=O) groups is 1.